The second-order valence-corrected chi connectivity index (χ2v) is 7.82. The Morgan fingerprint density at radius 1 is 0.767 bits per heavy atom. The number of thioether (sulfide) groups is 1. The maximum atomic E-state index is 4.73. The maximum absolute atomic E-state index is 4.73. The predicted molar refractivity (Wildman–Crippen MR) is 121 cm³/mol. The van der Waals surface area contributed by atoms with Crippen LogP contribution in [0.15, 0.2) is 90.1 Å². The second kappa shape index (κ2) is 8.08. The van der Waals surface area contributed by atoms with Gasteiger partial charge in [-0.3, -0.25) is 4.57 Å². The molecule has 5 rings (SSSR count). The number of rotatable bonds is 5. The number of benzene rings is 3. The van der Waals surface area contributed by atoms with Crippen LogP contribution in [0.1, 0.15) is 11.5 Å². The van der Waals surface area contributed by atoms with Crippen LogP contribution in [0.5, 0.6) is 0 Å². The van der Waals surface area contributed by atoms with E-state index in [9.17, 15) is 0 Å². The van der Waals surface area contributed by atoms with Crippen molar-refractivity contribution in [2.45, 2.75) is 17.8 Å². The van der Waals surface area contributed by atoms with Crippen molar-refractivity contribution in [1.82, 2.24) is 24.7 Å². The zero-order valence-electron chi connectivity index (χ0n) is 16.4. The van der Waals surface area contributed by atoms with E-state index in [0.29, 0.717) is 5.75 Å². The quantitative estimate of drug-likeness (QED) is 0.360. The van der Waals surface area contributed by atoms with Gasteiger partial charge in [0.05, 0.1) is 11.3 Å². The third kappa shape index (κ3) is 3.57. The summed E-state index contributed by atoms with van der Waals surface area (Å²) in [5.41, 5.74) is 4.01. The van der Waals surface area contributed by atoms with Gasteiger partial charge in [-0.25, -0.2) is 9.97 Å². The van der Waals surface area contributed by atoms with Gasteiger partial charge in [0.2, 0.25) is 0 Å². The first-order valence-corrected chi connectivity index (χ1v) is 10.7. The lowest BCUT2D eigenvalue weighted by atomic mass is 10.2. The number of nitrogens with zero attached hydrogens (tertiary/aromatic N) is 5. The first-order valence-electron chi connectivity index (χ1n) is 9.71. The van der Waals surface area contributed by atoms with E-state index < -0.39 is 0 Å². The summed E-state index contributed by atoms with van der Waals surface area (Å²) in [5, 5.41) is 10.9. The Morgan fingerprint density at radius 2 is 1.47 bits per heavy atom. The Balaban J connectivity index is 1.51. The highest BCUT2D eigenvalue weighted by Crippen LogP contribution is 2.29. The Kier molecular flexibility index (Phi) is 4.99. The van der Waals surface area contributed by atoms with Crippen molar-refractivity contribution in [3.05, 3.63) is 96.4 Å². The van der Waals surface area contributed by atoms with E-state index in [0.717, 1.165) is 44.7 Å². The van der Waals surface area contributed by atoms with Gasteiger partial charge in [-0.2, -0.15) is 0 Å². The molecule has 6 heteroatoms. The van der Waals surface area contributed by atoms with Gasteiger partial charge in [0.15, 0.2) is 11.0 Å². The number of aryl methyl sites for hydroxylation is 1. The molecular weight excluding hydrogens is 390 g/mol. The van der Waals surface area contributed by atoms with Gasteiger partial charge in [0.25, 0.3) is 0 Å². The van der Waals surface area contributed by atoms with Gasteiger partial charge in [-0.15, -0.1) is 10.2 Å². The summed E-state index contributed by atoms with van der Waals surface area (Å²) < 4.78 is 2.09. The summed E-state index contributed by atoms with van der Waals surface area (Å²) in [7, 11) is 0. The third-order valence-electron chi connectivity index (χ3n) is 4.85. The van der Waals surface area contributed by atoms with Crippen LogP contribution in [-0.2, 0) is 5.75 Å². The van der Waals surface area contributed by atoms with Crippen molar-refractivity contribution >= 4 is 22.7 Å². The summed E-state index contributed by atoms with van der Waals surface area (Å²) in [5.74, 6) is 2.23. The fourth-order valence-electron chi connectivity index (χ4n) is 3.44. The molecule has 0 spiro atoms. The van der Waals surface area contributed by atoms with Crippen LogP contribution >= 0.6 is 11.8 Å². The Labute approximate surface area is 178 Å². The van der Waals surface area contributed by atoms with Gasteiger partial charge < -0.3 is 0 Å². The molecule has 2 aromatic heterocycles. The van der Waals surface area contributed by atoms with Crippen molar-refractivity contribution in [2.75, 3.05) is 0 Å². The lowest BCUT2D eigenvalue weighted by molar-refractivity contribution is 0.883. The molecule has 0 aliphatic rings. The number of hydrogen-bond donors (Lipinski definition) is 0. The summed E-state index contributed by atoms with van der Waals surface area (Å²) in [6.45, 7) is 2.03. The van der Waals surface area contributed by atoms with E-state index in [-0.39, 0.29) is 0 Å². The summed E-state index contributed by atoms with van der Waals surface area (Å²) >= 11 is 1.59. The second-order valence-electron chi connectivity index (χ2n) is 6.87. The number of aromatic nitrogens is 5. The SMILES string of the molecule is Cc1nc(CSc2nnc(-c3ccccc3)n2-c2ccccc2)nc2ccccc12. The van der Waals surface area contributed by atoms with Gasteiger partial charge in [0, 0.05) is 22.3 Å². The van der Waals surface area contributed by atoms with E-state index in [1.807, 2.05) is 73.7 Å². The molecule has 0 radical (unpaired) electrons. The van der Waals surface area contributed by atoms with Gasteiger partial charge in [0.1, 0.15) is 5.82 Å². The molecule has 2 heterocycles. The van der Waals surface area contributed by atoms with E-state index in [2.05, 4.69) is 33.0 Å². The van der Waals surface area contributed by atoms with Crippen LogP contribution in [0, 0.1) is 6.92 Å². The molecule has 3 aromatic carbocycles. The van der Waals surface area contributed by atoms with E-state index in [4.69, 9.17) is 9.97 Å². The summed E-state index contributed by atoms with van der Waals surface area (Å²) in [4.78, 5) is 9.42. The summed E-state index contributed by atoms with van der Waals surface area (Å²) in [6.07, 6.45) is 0. The van der Waals surface area contributed by atoms with Crippen molar-refractivity contribution in [3.8, 4) is 17.1 Å². The van der Waals surface area contributed by atoms with Crippen molar-refractivity contribution in [3.63, 3.8) is 0 Å². The number of hydrogen-bond acceptors (Lipinski definition) is 5. The number of fused-ring (bicyclic) bond motifs is 1. The zero-order chi connectivity index (χ0) is 20.3. The first kappa shape index (κ1) is 18.5. The maximum Gasteiger partial charge on any atom is 0.196 e. The van der Waals surface area contributed by atoms with Crippen LogP contribution < -0.4 is 0 Å². The van der Waals surface area contributed by atoms with E-state index in [1.165, 1.54) is 0 Å². The normalized spacial score (nSPS) is 11.1. The zero-order valence-corrected chi connectivity index (χ0v) is 17.3. The van der Waals surface area contributed by atoms with Crippen LogP contribution in [0.4, 0.5) is 0 Å². The minimum atomic E-state index is 0.616. The fraction of sp³-hybridized carbons (Fsp3) is 0.0833. The minimum Gasteiger partial charge on any atom is -0.270 e. The predicted octanol–water partition coefficient (Wildman–Crippen LogP) is 5.48. The van der Waals surface area contributed by atoms with E-state index in [1.54, 1.807) is 11.8 Å². The van der Waals surface area contributed by atoms with Gasteiger partial charge >= 0.3 is 0 Å². The molecule has 0 aliphatic carbocycles. The Bertz CT molecular complexity index is 1300. The van der Waals surface area contributed by atoms with Crippen LogP contribution in [-0.4, -0.2) is 24.7 Å². The molecule has 5 aromatic rings. The lowest BCUT2D eigenvalue weighted by Gasteiger charge is -2.10. The average molecular weight is 410 g/mol. The molecule has 0 unspecified atom stereocenters. The van der Waals surface area contributed by atoms with Gasteiger partial charge in [-0.05, 0) is 25.1 Å². The highest BCUT2D eigenvalue weighted by atomic mass is 32.2. The highest BCUT2D eigenvalue weighted by Gasteiger charge is 2.16. The first-order chi connectivity index (χ1) is 14.8. The Morgan fingerprint density at radius 3 is 2.27 bits per heavy atom. The number of para-hydroxylation sites is 2. The molecule has 0 fully saturated rings. The standard InChI is InChI=1S/C24H19N5S/c1-17-20-14-8-9-15-21(20)26-22(25-17)16-30-24-28-27-23(18-10-4-2-5-11-18)29(24)19-12-6-3-7-13-19/h2-15H,16H2,1H3. The molecule has 5 nitrogen and oxygen atoms in total. The molecule has 146 valence electrons. The van der Waals surface area contributed by atoms with Gasteiger partial charge in [-0.1, -0.05) is 78.5 Å². The Hall–Kier alpha value is -3.51. The highest BCUT2D eigenvalue weighted by molar-refractivity contribution is 7.98. The molecule has 0 aliphatic heterocycles. The minimum absolute atomic E-state index is 0.616. The van der Waals surface area contributed by atoms with Crippen LogP contribution in [0.25, 0.3) is 28.0 Å². The third-order valence-corrected chi connectivity index (χ3v) is 5.78. The molecule has 0 saturated heterocycles. The lowest BCUT2D eigenvalue weighted by Crippen LogP contribution is -2.01. The monoisotopic (exact) mass is 409 g/mol. The fourth-order valence-corrected chi connectivity index (χ4v) is 4.24. The van der Waals surface area contributed by atoms with Crippen LogP contribution in [0.2, 0.25) is 0 Å². The molecule has 0 amide bonds. The molecule has 0 atom stereocenters. The largest absolute Gasteiger partial charge is 0.270 e. The molecule has 30 heavy (non-hydrogen) atoms. The smallest absolute Gasteiger partial charge is 0.196 e. The van der Waals surface area contributed by atoms with Crippen LogP contribution in [0.3, 0.4) is 0 Å². The molecule has 0 saturated carbocycles. The van der Waals surface area contributed by atoms with Crippen molar-refractivity contribution in [2.24, 2.45) is 0 Å². The average Bonchev–Trinajstić information content (AvgIpc) is 3.23. The molecular formula is C24H19N5S. The van der Waals surface area contributed by atoms with E-state index >= 15 is 0 Å². The van der Waals surface area contributed by atoms with Crippen molar-refractivity contribution < 1.29 is 0 Å². The molecule has 0 bridgehead atoms. The topological polar surface area (TPSA) is 56.5 Å². The molecule has 0 N–H and O–H groups in total. The van der Waals surface area contributed by atoms with Crippen molar-refractivity contribution in [1.29, 1.82) is 0 Å². The summed E-state index contributed by atoms with van der Waals surface area (Å²) in [6, 6.07) is 28.4.